The molecule has 0 aromatic heterocycles. The van der Waals surface area contributed by atoms with E-state index >= 15 is 0 Å². The average molecular weight is 204 g/mol. The van der Waals surface area contributed by atoms with Gasteiger partial charge >= 0.3 is 0 Å². The van der Waals surface area contributed by atoms with Gasteiger partial charge in [-0.05, 0) is 31.0 Å². The lowest BCUT2D eigenvalue weighted by atomic mass is 9.90. The molecule has 0 bridgehead atoms. The van der Waals surface area contributed by atoms with Crippen molar-refractivity contribution in [3.05, 3.63) is 29.3 Å². The highest BCUT2D eigenvalue weighted by atomic mass is 16.3. The first kappa shape index (κ1) is 9.19. The van der Waals surface area contributed by atoms with Crippen LogP contribution in [0.25, 0.3) is 0 Å². The van der Waals surface area contributed by atoms with Gasteiger partial charge in [0.15, 0.2) is 0 Å². The summed E-state index contributed by atoms with van der Waals surface area (Å²) in [6.07, 6.45) is 1.89. The van der Waals surface area contributed by atoms with Gasteiger partial charge in [-0.3, -0.25) is 4.90 Å². The summed E-state index contributed by atoms with van der Waals surface area (Å²) < 4.78 is 0. The molecule has 2 atom stereocenters. The molecule has 0 saturated carbocycles. The molecule has 80 valence electrons. The van der Waals surface area contributed by atoms with Crippen molar-refractivity contribution in [2.45, 2.75) is 31.5 Å². The first-order valence-corrected chi connectivity index (χ1v) is 5.57. The summed E-state index contributed by atoms with van der Waals surface area (Å²) in [6, 6.07) is 6.22. The molecular formula is C12H16N2O. The fourth-order valence-electron chi connectivity index (χ4n) is 2.95. The van der Waals surface area contributed by atoms with Crippen LogP contribution in [0, 0.1) is 0 Å². The summed E-state index contributed by atoms with van der Waals surface area (Å²) in [4.78, 5) is 2.37. The molecule has 3 nitrogen and oxygen atoms in total. The second-order valence-corrected chi connectivity index (χ2v) is 4.54. The Morgan fingerprint density at radius 1 is 1.40 bits per heavy atom. The molecule has 2 heterocycles. The van der Waals surface area contributed by atoms with Gasteiger partial charge in [0.25, 0.3) is 0 Å². The van der Waals surface area contributed by atoms with Gasteiger partial charge in [0, 0.05) is 23.8 Å². The zero-order valence-electron chi connectivity index (χ0n) is 8.69. The molecule has 3 N–H and O–H groups in total. The number of aliphatic hydroxyl groups is 1. The number of hydrogen-bond acceptors (Lipinski definition) is 3. The van der Waals surface area contributed by atoms with Gasteiger partial charge in [0.2, 0.25) is 0 Å². The highest BCUT2D eigenvalue weighted by molar-refractivity contribution is 5.53. The number of anilines is 1. The lowest BCUT2D eigenvalue weighted by Gasteiger charge is -2.36. The zero-order valence-corrected chi connectivity index (χ0v) is 8.69. The third kappa shape index (κ3) is 1.27. The van der Waals surface area contributed by atoms with E-state index in [4.69, 9.17) is 5.73 Å². The topological polar surface area (TPSA) is 49.5 Å². The van der Waals surface area contributed by atoms with Crippen LogP contribution in [0.5, 0.6) is 0 Å². The Morgan fingerprint density at radius 2 is 2.27 bits per heavy atom. The predicted octanol–water partition coefficient (Wildman–Crippen LogP) is 1.28. The molecule has 3 rings (SSSR count). The van der Waals surface area contributed by atoms with Crippen molar-refractivity contribution in [1.82, 2.24) is 4.90 Å². The van der Waals surface area contributed by atoms with E-state index in [0.29, 0.717) is 6.04 Å². The first-order valence-electron chi connectivity index (χ1n) is 5.57. The molecule has 1 aromatic carbocycles. The monoisotopic (exact) mass is 204 g/mol. The fraction of sp³-hybridized carbons (Fsp3) is 0.500. The number of fused-ring (bicyclic) bond motifs is 2. The maximum atomic E-state index is 10.3. The van der Waals surface area contributed by atoms with Crippen LogP contribution in [0.2, 0.25) is 0 Å². The van der Waals surface area contributed by atoms with Crippen molar-refractivity contribution >= 4 is 5.69 Å². The van der Waals surface area contributed by atoms with E-state index < -0.39 is 6.10 Å². The minimum atomic E-state index is -0.391. The standard InChI is InChI=1S/C12H16N2O/c13-9-4-1-3-8-7-14-6-2-5-10(14)12(15)11(8)9/h1,3-4,10,12,15H,2,5-7,13H2/t10-,12?/m0/s1. The van der Waals surface area contributed by atoms with E-state index in [-0.39, 0.29) is 0 Å². The minimum absolute atomic E-state index is 0.294. The van der Waals surface area contributed by atoms with Crippen LogP contribution < -0.4 is 5.73 Å². The van der Waals surface area contributed by atoms with Crippen LogP contribution >= 0.6 is 0 Å². The van der Waals surface area contributed by atoms with Crippen LogP contribution in [0.4, 0.5) is 5.69 Å². The molecule has 2 aliphatic rings. The van der Waals surface area contributed by atoms with Gasteiger partial charge in [-0.15, -0.1) is 0 Å². The van der Waals surface area contributed by atoms with Crippen LogP contribution in [0.15, 0.2) is 18.2 Å². The van der Waals surface area contributed by atoms with Crippen molar-refractivity contribution < 1.29 is 5.11 Å². The van der Waals surface area contributed by atoms with Crippen LogP contribution in [0.3, 0.4) is 0 Å². The fourth-order valence-corrected chi connectivity index (χ4v) is 2.95. The number of nitrogen functional groups attached to an aromatic ring is 1. The SMILES string of the molecule is Nc1cccc2c1C(O)[C@@H]1CCCN1C2. The Labute approximate surface area is 89.5 Å². The Morgan fingerprint density at radius 3 is 3.13 bits per heavy atom. The van der Waals surface area contributed by atoms with Gasteiger partial charge in [-0.2, -0.15) is 0 Å². The van der Waals surface area contributed by atoms with Gasteiger partial charge in [0.1, 0.15) is 0 Å². The lowest BCUT2D eigenvalue weighted by molar-refractivity contribution is 0.0540. The second-order valence-electron chi connectivity index (χ2n) is 4.54. The van der Waals surface area contributed by atoms with Crippen molar-refractivity contribution in [2.24, 2.45) is 0 Å². The number of rotatable bonds is 0. The molecule has 1 aromatic rings. The van der Waals surface area contributed by atoms with Gasteiger partial charge in [0.05, 0.1) is 6.10 Å². The number of aliphatic hydroxyl groups excluding tert-OH is 1. The highest BCUT2D eigenvalue weighted by Crippen LogP contribution is 2.39. The van der Waals surface area contributed by atoms with Crippen molar-refractivity contribution in [1.29, 1.82) is 0 Å². The Bertz CT molecular complexity index is 391. The molecule has 1 fully saturated rings. The van der Waals surface area contributed by atoms with Gasteiger partial charge in [-0.1, -0.05) is 12.1 Å². The molecule has 0 amide bonds. The maximum Gasteiger partial charge on any atom is 0.0968 e. The van der Waals surface area contributed by atoms with E-state index in [0.717, 1.165) is 30.8 Å². The largest absolute Gasteiger partial charge is 0.398 e. The average Bonchev–Trinajstić information content (AvgIpc) is 2.66. The quantitative estimate of drug-likeness (QED) is 0.626. The number of hydrogen-bond donors (Lipinski definition) is 2. The summed E-state index contributed by atoms with van der Waals surface area (Å²) in [5.74, 6) is 0. The zero-order chi connectivity index (χ0) is 10.4. The normalized spacial score (nSPS) is 29.9. The Balaban J connectivity index is 2.08. The molecule has 0 spiro atoms. The third-order valence-electron chi connectivity index (χ3n) is 3.68. The lowest BCUT2D eigenvalue weighted by Crippen LogP contribution is -2.39. The van der Waals surface area contributed by atoms with Crippen molar-refractivity contribution in [3.63, 3.8) is 0 Å². The summed E-state index contributed by atoms with van der Waals surface area (Å²) >= 11 is 0. The van der Waals surface area contributed by atoms with Crippen LogP contribution in [0.1, 0.15) is 30.1 Å². The Hall–Kier alpha value is -1.06. The summed E-state index contributed by atoms with van der Waals surface area (Å²) in [5, 5.41) is 10.3. The highest BCUT2D eigenvalue weighted by Gasteiger charge is 2.37. The first-order chi connectivity index (χ1) is 7.27. The van der Waals surface area contributed by atoms with Crippen LogP contribution in [-0.4, -0.2) is 22.6 Å². The van der Waals surface area contributed by atoms with Crippen LogP contribution in [-0.2, 0) is 6.54 Å². The number of benzene rings is 1. The molecule has 15 heavy (non-hydrogen) atoms. The van der Waals surface area contributed by atoms with E-state index in [2.05, 4.69) is 11.0 Å². The third-order valence-corrected chi connectivity index (χ3v) is 3.68. The molecule has 0 radical (unpaired) electrons. The van der Waals surface area contributed by atoms with Gasteiger partial charge < -0.3 is 10.8 Å². The minimum Gasteiger partial charge on any atom is -0.398 e. The summed E-state index contributed by atoms with van der Waals surface area (Å²) in [5.41, 5.74) is 8.85. The molecular weight excluding hydrogens is 188 g/mol. The molecule has 0 aliphatic carbocycles. The Kier molecular flexibility index (Phi) is 1.97. The molecule has 1 saturated heterocycles. The predicted molar refractivity (Wildman–Crippen MR) is 59.2 cm³/mol. The number of nitrogens with two attached hydrogens (primary N) is 1. The van der Waals surface area contributed by atoms with E-state index in [1.165, 1.54) is 12.0 Å². The van der Waals surface area contributed by atoms with Gasteiger partial charge in [-0.25, -0.2) is 0 Å². The summed E-state index contributed by atoms with van der Waals surface area (Å²) in [7, 11) is 0. The van der Waals surface area contributed by atoms with E-state index in [1.807, 2.05) is 12.1 Å². The second kappa shape index (κ2) is 3.22. The van der Waals surface area contributed by atoms with E-state index in [9.17, 15) is 5.11 Å². The summed E-state index contributed by atoms with van der Waals surface area (Å²) in [6.45, 7) is 2.05. The molecule has 2 aliphatic heterocycles. The van der Waals surface area contributed by atoms with Crippen molar-refractivity contribution in [3.8, 4) is 0 Å². The van der Waals surface area contributed by atoms with E-state index in [1.54, 1.807) is 0 Å². The number of nitrogens with zero attached hydrogens (tertiary/aromatic N) is 1. The molecule has 1 unspecified atom stereocenters. The smallest absolute Gasteiger partial charge is 0.0968 e. The molecule has 3 heteroatoms. The van der Waals surface area contributed by atoms with Crippen molar-refractivity contribution in [2.75, 3.05) is 12.3 Å². The maximum absolute atomic E-state index is 10.3.